The molecule has 5 heteroatoms. The summed E-state index contributed by atoms with van der Waals surface area (Å²) >= 11 is 6.02. The molecular weight excluding hydrogens is 248 g/mol. The van der Waals surface area contributed by atoms with Crippen molar-refractivity contribution in [1.82, 2.24) is 9.97 Å². The largest absolute Gasteiger partial charge is 0.338 e. The molecule has 1 aromatic heterocycles. The van der Waals surface area contributed by atoms with Gasteiger partial charge >= 0.3 is 0 Å². The molecule has 18 heavy (non-hydrogen) atoms. The number of aryl methyl sites for hydroxylation is 2. The predicted octanol–water partition coefficient (Wildman–Crippen LogP) is 3.36. The van der Waals surface area contributed by atoms with Crippen molar-refractivity contribution < 1.29 is 0 Å². The summed E-state index contributed by atoms with van der Waals surface area (Å²) in [6.45, 7) is 3.74. The van der Waals surface area contributed by atoms with Gasteiger partial charge in [0.1, 0.15) is 0 Å². The molecule has 0 unspecified atom stereocenters. The Morgan fingerprint density at radius 3 is 2.33 bits per heavy atom. The molecule has 0 aliphatic heterocycles. The predicted molar refractivity (Wildman–Crippen MR) is 71.0 cm³/mol. The third-order valence-electron chi connectivity index (χ3n) is 2.54. The molecule has 0 fully saturated rings. The lowest BCUT2D eigenvalue weighted by molar-refractivity contribution is 1.05. The highest BCUT2D eigenvalue weighted by molar-refractivity contribution is 6.31. The van der Waals surface area contributed by atoms with Crippen LogP contribution in [0.15, 0.2) is 24.3 Å². The Morgan fingerprint density at radius 1 is 1.11 bits per heavy atom. The summed E-state index contributed by atoms with van der Waals surface area (Å²) in [7, 11) is 0. The summed E-state index contributed by atoms with van der Waals surface area (Å²) in [6, 6.07) is 9.11. The second-order valence-corrected chi connectivity index (χ2v) is 4.21. The van der Waals surface area contributed by atoms with E-state index in [1.807, 2.05) is 13.8 Å². The minimum atomic E-state index is 0.336. The van der Waals surface area contributed by atoms with E-state index in [0.717, 1.165) is 17.1 Å². The second kappa shape index (κ2) is 5.03. The standard InChI is InChI=1S/C13H11ClN4/c1-8-9(2)17-13(12(14)16-8)18-11-5-3-10(7-15)4-6-11/h3-6H,1-2H3,(H,17,18). The minimum absolute atomic E-state index is 0.336. The van der Waals surface area contributed by atoms with Crippen LogP contribution >= 0.6 is 11.6 Å². The van der Waals surface area contributed by atoms with Crippen LogP contribution in [0.1, 0.15) is 17.0 Å². The van der Waals surface area contributed by atoms with Crippen LogP contribution in [-0.2, 0) is 0 Å². The third kappa shape index (κ3) is 2.58. The van der Waals surface area contributed by atoms with Crippen LogP contribution in [0.3, 0.4) is 0 Å². The van der Waals surface area contributed by atoms with Gasteiger partial charge in [0, 0.05) is 5.69 Å². The van der Waals surface area contributed by atoms with E-state index in [4.69, 9.17) is 16.9 Å². The summed E-state index contributed by atoms with van der Waals surface area (Å²) in [4.78, 5) is 8.53. The maximum Gasteiger partial charge on any atom is 0.172 e. The maximum atomic E-state index is 8.72. The first kappa shape index (κ1) is 12.3. The smallest absolute Gasteiger partial charge is 0.172 e. The summed E-state index contributed by atoms with van der Waals surface area (Å²) in [5.41, 5.74) is 3.06. The van der Waals surface area contributed by atoms with Gasteiger partial charge in [0.25, 0.3) is 0 Å². The van der Waals surface area contributed by atoms with Gasteiger partial charge in [-0.25, -0.2) is 9.97 Å². The zero-order chi connectivity index (χ0) is 13.1. The average molecular weight is 259 g/mol. The first-order valence-electron chi connectivity index (χ1n) is 5.38. The zero-order valence-electron chi connectivity index (χ0n) is 10.0. The Morgan fingerprint density at radius 2 is 1.72 bits per heavy atom. The molecule has 0 bridgehead atoms. The molecule has 0 atom stereocenters. The van der Waals surface area contributed by atoms with Gasteiger partial charge in [-0.05, 0) is 38.1 Å². The zero-order valence-corrected chi connectivity index (χ0v) is 10.8. The Balaban J connectivity index is 2.28. The van der Waals surface area contributed by atoms with Crippen LogP contribution in [0.5, 0.6) is 0 Å². The number of nitrogens with one attached hydrogen (secondary N) is 1. The van der Waals surface area contributed by atoms with Crippen molar-refractivity contribution in [3.05, 3.63) is 46.4 Å². The molecule has 4 nitrogen and oxygen atoms in total. The van der Waals surface area contributed by atoms with Gasteiger partial charge in [-0.3, -0.25) is 0 Å². The van der Waals surface area contributed by atoms with Gasteiger partial charge in [-0.2, -0.15) is 5.26 Å². The van der Waals surface area contributed by atoms with Crippen LogP contribution in [0.2, 0.25) is 5.15 Å². The summed E-state index contributed by atoms with van der Waals surface area (Å²) in [5, 5.41) is 12.1. The number of hydrogen-bond acceptors (Lipinski definition) is 4. The molecule has 2 aromatic rings. The van der Waals surface area contributed by atoms with E-state index >= 15 is 0 Å². The van der Waals surface area contributed by atoms with Gasteiger partial charge in [-0.1, -0.05) is 11.6 Å². The Labute approximate surface area is 110 Å². The highest BCUT2D eigenvalue weighted by atomic mass is 35.5. The van der Waals surface area contributed by atoms with Crippen molar-refractivity contribution >= 4 is 23.1 Å². The topological polar surface area (TPSA) is 61.6 Å². The van der Waals surface area contributed by atoms with Gasteiger partial charge in [-0.15, -0.1) is 0 Å². The van der Waals surface area contributed by atoms with E-state index in [1.165, 1.54) is 0 Å². The number of hydrogen-bond donors (Lipinski definition) is 1. The first-order chi connectivity index (χ1) is 8.60. The summed E-state index contributed by atoms with van der Waals surface area (Å²) < 4.78 is 0. The van der Waals surface area contributed by atoms with Gasteiger partial charge in [0.2, 0.25) is 0 Å². The van der Waals surface area contributed by atoms with E-state index in [-0.39, 0.29) is 0 Å². The Kier molecular flexibility index (Phi) is 3.45. The van der Waals surface area contributed by atoms with Gasteiger partial charge < -0.3 is 5.32 Å². The number of halogens is 1. The maximum absolute atomic E-state index is 8.72. The number of benzene rings is 1. The Bertz CT molecular complexity index is 614. The lowest BCUT2D eigenvalue weighted by Crippen LogP contribution is -2.00. The van der Waals surface area contributed by atoms with Gasteiger partial charge in [0.15, 0.2) is 11.0 Å². The molecule has 0 aliphatic carbocycles. The van der Waals surface area contributed by atoms with E-state index < -0.39 is 0 Å². The molecular formula is C13H11ClN4. The molecule has 1 aromatic carbocycles. The number of rotatable bonds is 2. The monoisotopic (exact) mass is 258 g/mol. The molecule has 90 valence electrons. The minimum Gasteiger partial charge on any atom is -0.338 e. The van der Waals surface area contributed by atoms with Crippen LogP contribution in [0.4, 0.5) is 11.5 Å². The molecule has 1 N–H and O–H groups in total. The van der Waals surface area contributed by atoms with Crippen molar-refractivity contribution in [2.75, 3.05) is 5.32 Å². The second-order valence-electron chi connectivity index (χ2n) is 3.85. The van der Waals surface area contributed by atoms with Crippen LogP contribution in [-0.4, -0.2) is 9.97 Å². The van der Waals surface area contributed by atoms with Crippen molar-refractivity contribution in [3.63, 3.8) is 0 Å². The summed E-state index contributed by atoms with van der Waals surface area (Å²) in [6.07, 6.45) is 0. The number of nitriles is 1. The van der Waals surface area contributed by atoms with Gasteiger partial charge in [0.05, 0.1) is 23.0 Å². The molecule has 0 amide bonds. The van der Waals surface area contributed by atoms with Crippen molar-refractivity contribution in [3.8, 4) is 6.07 Å². The quantitative estimate of drug-likeness (QED) is 0.897. The molecule has 1 heterocycles. The third-order valence-corrected chi connectivity index (χ3v) is 2.80. The van der Waals surface area contributed by atoms with Crippen molar-refractivity contribution in [1.29, 1.82) is 5.26 Å². The molecule has 0 radical (unpaired) electrons. The van der Waals surface area contributed by atoms with E-state index in [1.54, 1.807) is 24.3 Å². The fourth-order valence-corrected chi connectivity index (χ4v) is 1.64. The van der Waals surface area contributed by atoms with E-state index in [9.17, 15) is 0 Å². The van der Waals surface area contributed by atoms with E-state index in [2.05, 4.69) is 21.4 Å². The summed E-state index contributed by atoms with van der Waals surface area (Å²) in [5.74, 6) is 0.518. The highest BCUT2D eigenvalue weighted by Gasteiger charge is 2.07. The van der Waals surface area contributed by atoms with Crippen molar-refractivity contribution in [2.24, 2.45) is 0 Å². The fraction of sp³-hybridized carbons (Fsp3) is 0.154. The van der Waals surface area contributed by atoms with Crippen LogP contribution in [0, 0.1) is 25.2 Å². The molecule has 0 saturated heterocycles. The molecule has 0 spiro atoms. The number of nitrogens with zero attached hydrogens (tertiary/aromatic N) is 3. The van der Waals surface area contributed by atoms with Crippen molar-refractivity contribution in [2.45, 2.75) is 13.8 Å². The average Bonchev–Trinajstić information content (AvgIpc) is 2.37. The SMILES string of the molecule is Cc1nc(Cl)c(Nc2ccc(C#N)cc2)nc1C. The normalized spacial score (nSPS) is 9.89. The number of anilines is 2. The molecule has 2 rings (SSSR count). The van der Waals surface area contributed by atoms with Crippen LogP contribution in [0.25, 0.3) is 0 Å². The van der Waals surface area contributed by atoms with Crippen LogP contribution < -0.4 is 5.32 Å². The molecule has 0 saturated carbocycles. The highest BCUT2D eigenvalue weighted by Crippen LogP contribution is 2.22. The fourth-order valence-electron chi connectivity index (χ4n) is 1.42. The lowest BCUT2D eigenvalue weighted by Gasteiger charge is -2.09. The first-order valence-corrected chi connectivity index (χ1v) is 5.76. The lowest BCUT2D eigenvalue weighted by atomic mass is 10.2. The molecule has 0 aliphatic rings. The van der Waals surface area contributed by atoms with E-state index in [0.29, 0.717) is 16.5 Å². The number of aromatic nitrogens is 2. The Hall–Kier alpha value is -2.12.